The predicted molar refractivity (Wildman–Crippen MR) is 138 cm³/mol. The van der Waals surface area contributed by atoms with Gasteiger partial charge >= 0.3 is 18.1 Å². The van der Waals surface area contributed by atoms with Crippen molar-refractivity contribution in [1.29, 1.82) is 0 Å². The van der Waals surface area contributed by atoms with Crippen LogP contribution in [0.1, 0.15) is 13.3 Å². The Labute approximate surface area is 227 Å². The lowest BCUT2D eigenvalue weighted by molar-refractivity contribution is -0.192. The minimum atomic E-state index is -5.08. The van der Waals surface area contributed by atoms with Gasteiger partial charge in [-0.25, -0.2) is 32.7 Å². The van der Waals surface area contributed by atoms with E-state index in [1.807, 2.05) is 13.0 Å². The van der Waals surface area contributed by atoms with Gasteiger partial charge in [0.25, 0.3) is 0 Å². The van der Waals surface area contributed by atoms with Crippen LogP contribution in [0.25, 0.3) is 0 Å². The van der Waals surface area contributed by atoms with Gasteiger partial charge in [0, 0.05) is 23.5 Å². The number of hydrogen-bond donors (Lipinski definition) is 4. The Bertz CT molecular complexity index is 1420. The molecule has 1 aromatic heterocycles. The number of methoxy groups -OCH3 is 1. The van der Waals surface area contributed by atoms with Crippen molar-refractivity contribution in [3.05, 3.63) is 60.9 Å². The van der Waals surface area contributed by atoms with Crippen molar-refractivity contribution in [1.82, 2.24) is 14.7 Å². The molecule has 3 rings (SSSR count). The molecule has 0 amide bonds. The summed E-state index contributed by atoms with van der Waals surface area (Å²) in [5.41, 5.74) is 1.25. The summed E-state index contributed by atoms with van der Waals surface area (Å²) in [4.78, 5) is 29.2. The molecule has 0 fully saturated rings. The van der Waals surface area contributed by atoms with Crippen molar-refractivity contribution >= 4 is 45.0 Å². The standard InChI is InChI=1S/C22H25N5O5S.C2HF3O2/c1-4-19(22(28)31-3)32-17-9-5-7-15(11-17)26-20-13-21(25-14-24-20)27-16-8-6-10-18(12-16)33(29,30)23-2;3-2(4,5)1(6)7/h5-14,19,23H,4H2,1-3H3,(H2,24,25,26,27);(H,6,7). The maximum Gasteiger partial charge on any atom is 0.490 e. The van der Waals surface area contributed by atoms with Gasteiger partial charge in [0.15, 0.2) is 6.10 Å². The van der Waals surface area contributed by atoms with Gasteiger partial charge in [-0.1, -0.05) is 19.1 Å². The molecule has 1 atom stereocenters. The number of aromatic nitrogens is 2. The first-order chi connectivity index (χ1) is 18.8. The first-order valence-electron chi connectivity index (χ1n) is 11.3. The summed E-state index contributed by atoms with van der Waals surface area (Å²) in [6, 6.07) is 15.2. The van der Waals surface area contributed by atoms with Gasteiger partial charge < -0.3 is 25.2 Å². The number of ether oxygens (including phenoxy) is 2. The lowest BCUT2D eigenvalue weighted by atomic mass is 10.2. The van der Waals surface area contributed by atoms with Crippen molar-refractivity contribution < 1.29 is 45.8 Å². The largest absolute Gasteiger partial charge is 0.490 e. The van der Waals surface area contributed by atoms with E-state index in [0.29, 0.717) is 35.2 Å². The van der Waals surface area contributed by atoms with Gasteiger partial charge in [0.2, 0.25) is 10.0 Å². The van der Waals surface area contributed by atoms with Crippen LogP contribution in [0.5, 0.6) is 5.75 Å². The van der Waals surface area contributed by atoms with E-state index in [1.165, 1.54) is 32.6 Å². The molecule has 0 aliphatic heterocycles. The zero-order valence-corrected chi connectivity index (χ0v) is 22.2. The number of carboxylic acids is 1. The minimum absolute atomic E-state index is 0.136. The molecule has 1 heterocycles. The molecule has 0 saturated heterocycles. The van der Waals surface area contributed by atoms with Gasteiger partial charge in [0.1, 0.15) is 23.7 Å². The number of carbonyl (C=O) groups excluding carboxylic acids is 1. The van der Waals surface area contributed by atoms with Crippen LogP contribution in [0, 0.1) is 0 Å². The number of aliphatic carboxylic acids is 1. The molecule has 40 heavy (non-hydrogen) atoms. The van der Waals surface area contributed by atoms with Crippen molar-refractivity contribution in [3.63, 3.8) is 0 Å². The number of benzene rings is 2. The number of nitrogens with one attached hydrogen (secondary N) is 3. The molecule has 12 nitrogen and oxygen atoms in total. The van der Waals surface area contributed by atoms with E-state index >= 15 is 0 Å². The Hall–Kier alpha value is -4.44. The number of carbonyl (C=O) groups is 2. The molecule has 4 N–H and O–H groups in total. The van der Waals surface area contributed by atoms with Crippen LogP contribution in [0.2, 0.25) is 0 Å². The van der Waals surface area contributed by atoms with E-state index in [2.05, 4.69) is 25.3 Å². The van der Waals surface area contributed by atoms with Gasteiger partial charge in [0.05, 0.1) is 12.0 Å². The first kappa shape index (κ1) is 31.8. The predicted octanol–water partition coefficient (Wildman–Crippen LogP) is 3.84. The summed E-state index contributed by atoms with van der Waals surface area (Å²) in [5.74, 6) is -1.71. The Morgan fingerprint density at radius 3 is 2.05 bits per heavy atom. The van der Waals surface area contributed by atoms with Crippen LogP contribution < -0.4 is 20.1 Å². The lowest BCUT2D eigenvalue weighted by Gasteiger charge is -2.16. The number of nitrogens with zero attached hydrogens (tertiary/aromatic N) is 2. The first-order valence-corrected chi connectivity index (χ1v) is 12.8. The second-order valence-corrected chi connectivity index (χ2v) is 9.53. The molecule has 216 valence electrons. The zero-order valence-electron chi connectivity index (χ0n) is 21.4. The normalized spacial score (nSPS) is 11.8. The van der Waals surface area contributed by atoms with E-state index in [4.69, 9.17) is 19.4 Å². The minimum Gasteiger partial charge on any atom is -0.479 e. The van der Waals surface area contributed by atoms with Crippen LogP contribution in [-0.4, -0.2) is 61.9 Å². The van der Waals surface area contributed by atoms with E-state index < -0.39 is 34.2 Å². The van der Waals surface area contributed by atoms with Crippen LogP contribution in [0.3, 0.4) is 0 Å². The average Bonchev–Trinajstić information content (AvgIpc) is 2.91. The third-order valence-electron chi connectivity index (χ3n) is 4.81. The highest BCUT2D eigenvalue weighted by Crippen LogP contribution is 2.24. The van der Waals surface area contributed by atoms with E-state index in [-0.39, 0.29) is 4.90 Å². The molecule has 0 bridgehead atoms. The van der Waals surface area contributed by atoms with Crippen LogP contribution in [0.4, 0.5) is 36.2 Å². The fourth-order valence-corrected chi connectivity index (χ4v) is 3.67. The number of rotatable bonds is 10. The molecule has 0 saturated carbocycles. The summed E-state index contributed by atoms with van der Waals surface area (Å²) >= 11 is 0. The fraction of sp³-hybridized carbons (Fsp3) is 0.250. The summed E-state index contributed by atoms with van der Waals surface area (Å²) < 4.78 is 68.6. The number of halogens is 3. The number of carboxylic acid groups (broad SMARTS) is 1. The second kappa shape index (κ2) is 14.1. The number of alkyl halides is 3. The molecule has 0 aliphatic rings. The molecular weight excluding hydrogens is 559 g/mol. The number of hydrogen-bond acceptors (Lipinski definition) is 10. The van der Waals surface area contributed by atoms with Crippen molar-refractivity contribution in [3.8, 4) is 5.75 Å². The molecule has 1 unspecified atom stereocenters. The van der Waals surface area contributed by atoms with Crippen molar-refractivity contribution in [2.45, 2.75) is 30.5 Å². The third kappa shape index (κ3) is 9.70. The zero-order chi connectivity index (χ0) is 29.9. The quantitative estimate of drug-likeness (QED) is 0.255. The van der Waals surface area contributed by atoms with E-state index in [9.17, 15) is 26.4 Å². The summed E-state index contributed by atoms with van der Waals surface area (Å²) in [5, 5.41) is 13.4. The van der Waals surface area contributed by atoms with Crippen molar-refractivity contribution in [2.24, 2.45) is 0 Å². The fourth-order valence-electron chi connectivity index (χ4n) is 2.89. The van der Waals surface area contributed by atoms with Crippen LogP contribution in [-0.2, 0) is 24.3 Å². The SMILES string of the molecule is CCC(Oc1cccc(Nc2cc(Nc3cccc(S(=O)(=O)NC)c3)ncn2)c1)C(=O)OC.O=C(O)C(F)(F)F. The molecule has 0 spiro atoms. The topological polar surface area (TPSA) is 169 Å². The van der Waals surface area contributed by atoms with E-state index in [1.54, 1.807) is 36.4 Å². The third-order valence-corrected chi connectivity index (χ3v) is 6.23. The van der Waals surface area contributed by atoms with Crippen LogP contribution >= 0.6 is 0 Å². The Kier molecular flexibility index (Phi) is 11.2. The van der Waals surface area contributed by atoms with Gasteiger partial charge in [-0.3, -0.25) is 0 Å². The molecule has 16 heteroatoms. The smallest absolute Gasteiger partial charge is 0.479 e. The lowest BCUT2D eigenvalue weighted by Crippen LogP contribution is -2.27. The van der Waals surface area contributed by atoms with Gasteiger partial charge in [-0.15, -0.1) is 0 Å². The Balaban J connectivity index is 0.000000708. The maximum atomic E-state index is 12.0. The van der Waals surface area contributed by atoms with Crippen molar-refractivity contribution in [2.75, 3.05) is 24.8 Å². The number of esters is 1. The van der Waals surface area contributed by atoms with E-state index in [0.717, 1.165) is 0 Å². The molecule has 0 radical (unpaired) electrons. The summed E-state index contributed by atoms with van der Waals surface area (Å²) in [7, 11) is -0.881. The highest BCUT2D eigenvalue weighted by atomic mass is 32.2. The molecule has 2 aromatic carbocycles. The second-order valence-electron chi connectivity index (χ2n) is 7.64. The van der Waals surface area contributed by atoms with Gasteiger partial charge in [-0.05, 0) is 43.8 Å². The molecule has 0 aliphatic carbocycles. The Morgan fingerprint density at radius 1 is 1.00 bits per heavy atom. The molecule has 3 aromatic rings. The highest BCUT2D eigenvalue weighted by molar-refractivity contribution is 7.89. The summed E-state index contributed by atoms with van der Waals surface area (Å²) in [6.45, 7) is 1.84. The Morgan fingerprint density at radius 2 is 1.55 bits per heavy atom. The van der Waals surface area contributed by atoms with Crippen LogP contribution in [0.15, 0.2) is 65.8 Å². The number of sulfonamides is 1. The maximum absolute atomic E-state index is 12.0. The highest BCUT2D eigenvalue weighted by Gasteiger charge is 2.38. The molecular formula is C24H26F3N5O7S. The monoisotopic (exact) mass is 585 g/mol. The number of anilines is 4. The summed E-state index contributed by atoms with van der Waals surface area (Å²) in [6.07, 6.45) is -3.92. The average molecular weight is 586 g/mol. The van der Waals surface area contributed by atoms with Gasteiger partial charge in [-0.2, -0.15) is 13.2 Å².